The maximum absolute atomic E-state index is 9.84. The normalized spacial score (nSPS) is 12.2. The Labute approximate surface area is 135 Å². The number of rotatable bonds is 3. The first-order valence-corrected chi connectivity index (χ1v) is 7.37. The monoisotopic (exact) mass is 375 g/mol. The highest BCUT2D eigenvalue weighted by atomic mass is 79.9. The summed E-state index contributed by atoms with van der Waals surface area (Å²) in [6.45, 7) is 1.87. The predicted octanol–water partition coefficient (Wildman–Crippen LogP) is 5.34. The van der Waals surface area contributed by atoms with E-state index in [-0.39, 0.29) is 17.5 Å². The van der Waals surface area contributed by atoms with E-state index in [0.717, 1.165) is 4.47 Å². The van der Waals surface area contributed by atoms with Crippen molar-refractivity contribution < 1.29 is 10.2 Å². The molecule has 106 valence electrons. The van der Waals surface area contributed by atoms with E-state index in [1.54, 1.807) is 18.2 Å². The van der Waals surface area contributed by atoms with Crippen molar-refractivity contribution in [2.45, 2.75) is 13.0 Å². The Morgan fingerprint density at radius 2 is 1.80 bits per heavy atom. The number of halogens is 3. The summed E-state index contributed by atoms with van der Waals surface area (Å²) < 4.78 is 0.717. The average molecular weight is 377 g/mol. The molecular weight excluding hydrogens is 365 g/mol. The van der Waals surface area contributed by atoms with Gasteiger partial charge in [0.2, 0.25) is 0 Å². The van der Waals surface area contributed by atoms with Crippen LogP contribution in [-0.4, -0.2) is 10.2 Å². The third-order valence-corrected chi connectivity index (χ3v) is 4.66. The molecule has 0 aromatic heterocycles. The van der Waals surface area contributed by atoms with Gasteiger partial charge in [-0.3, -0.25) is 0 Å². The lowest BCUT2D eigenvalue weighted by atomic mass is 10.1. The highest BCUT2D eigenvalue weighted by Gasteiger charge is 2.14. The van der Waals surface area contributed by atoms with Crippen molar-refractivity contribution in [3.8, 4) is 11.5 Å². The highest BCUT2D eigenvalue weighted by Crippen LogP contribution is 2.38. The Kier molecular flexibility index (Phi) is 4.68. The zero-order valence-corrected chi connectivity index (χ0v) is 13.6. The SMILES string of the molecule is CC(Nc1ccc(Br)c(Cl)c1Cl)c1ccc(O)cc1O. The smallest absolute Gasteiger partial charge is 0.124 e. The van der Waals surface area contributed by atoms with Gasteiger partial charge in [-0.1, -0.05) is 23.2 Å². The number of hydrogen-bond acceptors (Lipinski definition) is 3. The van der Waals surface area contributed by atoms with Crippen LogP contribution in [0, 0.1) is 0 Å². The Balaban J connectivity index is 2.28. The molecule has 0 aliphatic heterocycles. The first-order valence-electron chi connectivity index (χ1n) is 5.82. The molecule has 0 radical (unpaired) electrons. The second kappa shape index (κ2) is 6.12. The largest absolute Gasteiger partial charge is 0.508 e. The highest BCUT2D eigenvalue weighted by molar-refractivity contribution is 9.10. The summed E-state index contributed by atoms with van der Waals surface area (Å²) in [5, 5.41) is 23.2. The van der Waals surface area contributed by atoms with Crippen molar-refractivity contribution in [3.63, 3.8) is 0 Å². The number of phenols is 2. The molecule has 2 aromatic carbocycles. The summed E-state index contributed by atoms with van der Waals surface area (Å²) in [5.74, 6) is 0.0347. The molecule has 2 aromatic rings. The van der Waals surface area contributed by atoms with Crippen molar-refractivity contribution in [1.82, 2.24) is 0 Å². The lowest BCUT2D eigenvalue weighted by Gasteiger charge is -2.18. The second-order valence-corrected chi connectivity index (χ2v) is 5.94. The lowest BCUT2D eigenvalue weighted by Crippen LogP contribution is -2.07. The number of anilines is 1. The van der Waals surface area contributed by atoms with Gasteiger partial charge in [-0.25, -0.2) is 0 Å². The molecule has 2 rings (SSSR count). The zero-order chi connectivity index (χ0) is 14.9. The van der Waals surface area contributed by atoms with Gasteiger partial charge < -0.3 is 15.5 Å². The van der Waals surface area contributed by atoms with Gasteiger partial charge in [-0.15, -0.1) is 0 Å². The lowest BCUT2D eigenvalue weighted by molar-refractivity contribution is 0.444. The average Bonchev–Trinajstić information content (AvgIpc) is 2.39. The van der Waals surface area contributed by atoms with Gasteiger partial charge in [0.1, 0.15) is 11.5 Å². The molecule has 1 atom stereocenters. The topological polar surface area (TPSA) is 52.5 Å². The van der Waals surface area contributed by atoms with Crippen molar-refractivity contribution in [1.29, 1.82) is 0 Å². The van der Waals surface area contributed by atoms with Crippen LogP contribution in [0.25, 0.3) is 0 Å². The third-order valence-electron chi connectivity index (χ3n) is 2.89. The van der Waals surface area contributed by atoms with Gasteiger partial charge in [0, 0.05) is 16.1 Å². The standard InChI is InChI=1S/C14H12BrCl2NO2/c1-7(9-3-2-8(19)6-12(9)20)18-11-5-4-10(15)13(16)14(11)17/h2-7,18-20H,1H3. The molecule has 0 fully saturated rings. The summed E-state index contributed by atoms with van der Waals surface area (Å²) in [4.78, 5) is 0. The van der Waals surface area contributed by atoms with E-state index in [0.29, 0.717) is 21.3 Å². The van der Waals surface area contributed by atoms with E-state index in [2.05, 4.69) is 21.2 Å². The molecule has 0 saturated heterocycles. The van der Waals surface area contributed by atoms with Gasteiger partial charge in [0.15, 0.2) is 0 Å². The van der Waals surface area contributed by atoms with Crippen LogP contribution in [0.2, 0.25) is 10.0 Å². The fourth-order valence-corrected chi connectivity index (χ4v) is 2.68. The second-order valence-electron chi connectivity index (χ2n) is 4.33. The van der Waals surface area contributed by atoms with Crippen LogP contribution in [0.15, 0.2) is 34.8 Å². The summed E-state index contributed by atoms with van der Waals surface area (Å²) in [7, 11) is 0. The molecule has 0 aliphatic rings. The quantitative estimate of drug-likeness (QED) is 0.633. The molecule has 3 N–H and O–H groups in total. The van der Waals surface area contributed by atoms with Crippen LogP contribution >= 0.6 is 39.1 Å². The Hall–Kier alpha value is -1.10. The van der Waals surface area contributed by atoms with Crippen LogP contribution < -0.4 is 5.32 Å². The molecule has 0 spiro atoms. The molecule has 3 nitrogen and oxygen atoms in total. The zero-order valence-electron chi connectivity index (χ0n) is 10.5. The molecule has 0 saturated carbocycles. The van der Waals surface area contributed by atoms with Crippen molar-refractivity contribution >= 4 is 44.8 Å². The van der Waals surface area contributed by atoms with Gasteiger partial charge in [0.25, 0.3) is 0 Å². The molecule has 20 heavy (non-hydrogen) atoms. The summed E-state index contributed by atoms with van der Waals surface area (Å²) in [6.07, 6.45) is 0. The molecule has 0 aliphatic carbocycles. The van der Waals surface area contributed by atoms with Gasteiger partial charge in [0.05, 0.1) is 21.8 Å². The number of nitrogens with one attached hydrogen (secondary N) is 1. The summed E-state index contributed by atoms with van der Waals surface area (Å²) in [5.41, 5.74) is 1.32. The van der Waals surface area contributed by atoms with E-state index in [4.69, 9.17) is 23.2 Å². The molecule has 6 heteroatoms. The predicted molar refractivity (Wildman–Crippen MR) is 86.0 cm³/mol. The van der Waals surface area contributed by atoms with Gasteiger partial charge in [-0.05, 0) is 47.1 Å². The number of aromatic hydroxyl groups is 2. The Morgan fingerprint density at radius 1 is 1.10 bits per heavy atom. The van der Waals surface area contributed by atoms with E-state index >= 15 is 0 Å². The number of hydrogen-bond donors (Lipinski definition) is 3. The number of benzene rings is 2. The van der Waals surface area contributed by atoms with Crippen molar-refractivity contribution in [2.24, 2.45) is 0 Å². The minimum atomic E-state index is -0.203. The van der Waals surface area contributed by atoms with Gasteiger partial charge >= 0.3 is 0 Å². The first-order chi connectivity index (χ1) is 9.40. The van der Waals surface area contributed by atoms with Crippen molar-refractivity contribution in [2.75, 3.05) is 5.32 Å². The van der Waals surface area contributed by atoms with Crippen LogP contribution in [0.4, 0.5) is 5.69 Å². The van der Waals surface area contributed by atoms with Gasteiger partial charge in [-0.2, -0.15) is 0 Å². The van der Waals surface area contributed by atoms with Crippen LogP contribution in [0.1, 0.15) is 18.5 Å². The molecule has 0 amide bonds. The van der Waals surface area contributed by atoms with E-state index < -0.39 is 0 Å². The van der Waals surface area contributed by atoms with Crippen LogP contribution in [0.3, 0.4) is 0 Å². The van der Waals surface area contributed by atoms with E-state index in [9.17, 15) is 10.2 Å². The van der Waals surface area contributed by atoms with Crippen LogP contribution in [0.5, 0.6) is 11.5 Å². The minimum absolute atomic E-state index is 0.0168. The third kappa shape index (κ3) is 3.14. The Bertz CT molecular complexity index is 649. The maximum Gasteiger partial charge on any atom is 0.124 e. The molecule has 1 unspecified atom stereocenters. The summed E-state index contributed by atoms with van der Waals surface area (Å²) in [6, 6.07) is 7.85. The summed E-state index contributed by atoms with van der Waals surface area (Å²) >= 11 is 15.5. The minimum Gasteiger partial charge on any atom is -0.508 e. The first kappa shape index (κ1) is 15.3. The maximum atomic E-state index is 9.84. The molecule has 0 bridgehead atoms. The number of phenolic OH excluding ortho intramolecular Hbond substituents is 2. The fourth-order valence-electron chi connectivity index (χ4n) is 1.85. The Morgan fingerprint density at radius 3 is 2.45 bits per heavy atom. The van der Waals surface area contributed by atoms with Crippen LogP contribution in [-0.2, 0) is 0 Å². The fraction of sp³-hybridized carbons (Fsp3) is 0.143. The van der Waals surface area contributed by atoms with E-state index in [1.165, 1.54) is 12.1 Å². The van der Waals surface area contributed by atoms with E-state index in [1.807, 2.05) is 6.92 Å². The van der Waals surface area contributed by atoms with Crippen molar-refractivity contribution in [3.05, 3.63) is 50.4 Å². The molecule has 0 heterocycles. The molecular formula is C14H12BrCl2NO2.